The number of halogens is 6. The van der Waals surface area contributed by atoms with E-state index in [0.29, 0.717) is 37.9 Å². The van der Waals surface area contributed by atoms with Crippen LogP contribution in [0.4, 0.5) is 26.3 Å². The molecule has 1 heterocycles. The fourth-order valence-corrected chi connectivity index (χ4v) is 4.97. The van der Waals surface area contributed by atoms with Crippen LogP contribution in [0.25, 0.3) is 0 Å². The summed E-state index contributed by atoms with van der Waals surface area (Å²) in [5, 5.41) is 0. The number of piperidine rings is 1. The maximum atomic E-state index is 13.9. The number of hydrogen-bond acceptors (Lipinski definition) is 2. The van der Waals surface area contributed by atoms with Crippen LogP contribution >= 0.6 is 0 Å². The van der Waals surface area contributed by atoms with E-state index in [4.69, 9.17) is 5.73 Å². The summed E-state index contributed by atoms with van der Waals surface area (Å²) in [5.41, 5.74) is 3.60. The minimum absolute atomic E-state index is 0.0237. The van der Waals surface area contributed by atoms with Crippen LogP contribution in [-0.4, -0.2) is 35.6 Å². The Morgan fingerprint density at radius 1 is 1.00 bits per heavy atom. The first-order chi connectivity index (χ1) is 15.7. The zero-order chi connectivity index (χ0) is 25.3. The van der Waals surface area contributed by atoms with E-state index < -0.39 is 35.0 Å². The summed E-state index contributed by atoms with van der Waals surface area (Å²) >= 11 is 0. The number of amides is 1. The molecule has 34 heavy (non-hydrogen) atoms. The average Bonchev–Trinajstić information content (AvgIpc) is 2.74. The van der Waals surface area contributed by atoms with Gasteiger partial charge in [0.2, 0.25) is 0 Å². The quantitative estimate of drug-likeness (QED) is 0.411. The van der Waals surface area contributed by atoms with Gasteiger partial charge in [-0.3, -0.25) is 4.48 Å². The van der Waals surface area contributed by atoms with Gasteiger partial charge in [-0.25, -0.2) is 4.79 Å². The smallest absolute Gasteiger partial charge is 0.327 e. The van der Waals surface area contributed by atoms with Gasteiger partial charge in [0.1, 0.15) is 6.04 Å². The number of alkyl halides is 6. The lowest BCUT2D eigenvalue weighted by atomic mass is 9.87. The van der Waals surface area contributed by atoms with Crippen LogP contribution in [0.15, 0.2) is 48.5 Å². The normalized spacial score (nSPS) is 23.8. The van der Waals surface area contributed by atoms with Gasteiger partial charge in [0.25, 0.3) is 0 Å². The molecule has 0 bridgehead atoms. The molecule has 1 aliphatic heterocycles. The number of rotatable bonds is 5. The average molecular weight is 488 g/mol. The number of carbonyl (C=O) groups is 1. The van der Waals surface area contributed by atoms with Gasteiger partial charge in [-0.2, -0.15) is 26.3 Å². The number of benzene rings is 2. The van der Waals surface area contributed by atoms with Gasteiger partial charge < -0.3 is 5.73 Å². The summed E-state index contributed by atoms with van der Waals surface area (Å²) in [7, 11) is 0. The van der Waals surface area contributed by atoms with E-state index in [1.54, 1.807) is 0 Å². The molecule has 3 atom stereocenters. The zero-order valence-corrected chi connectivity index (χ0v) is 19.1. The highest BCUT2D eigenvalue weighted by Gasteiger charge is 2.49. The van der Waals surface area contributed by atoms with Crippen molar-refractivity contribution >= 4 is 5.91 Å². The third-order valence-corrected chi connectivity index (χ3v) is 6.42. The maximum absolute atomic E-state index is 13.9. The Bertz CT molecular complexity index is 970. The molecule has 9 heteroatoms. The second-order valence-corrected chi connectivity index (χ2v) is 9.56. The lowest BCUT2D eigenvalue weighted by molar-refractivity contribution is -0.883. The van der Waals surface area contributed by atoms with Crippen molar-refractivity contribution < 1.29 is 35.6 Å². The van der Waals surface area contributed by atoms with Gasteiger partial charge in [0, 0.05) is 31.2 Å². The van der Waals surface area contributed by atoms with E-state index in [-0.39, 0.29) is 35.1 Å². The fraction of sp³-hybridized carbons (Fsp3) is 0.480. The molecule has 2 aromatic carbocycles. The standard InChI is InChI=1S/C25H29F6N2O/c1-16(2)15-33(9-8-21(32)14-22(33)10-17-6-4-3-5-7-17)23(34)18-11-19(24(26,27)28)13-20(12-18)25(29,30)31/h3-7,11-13,16,21-22H,8-10,14-15,32H2,1-2H3/q+1/t21-,22+,33?/m0/s1. The van der Waals surface area contributed by atoms with Crippen LogP contribution in [0.3, 0.4) is 0 Å². The summed E-state index contributed by atoms with van der Waals surface area (Å²) in [5.74, 6) is -0.748. The molecule has 3 nitrogen and oxygen atoms in total. The van der Waals surface area contributed by atoms with Crippen LogP contribution < -0.4 is 5.73 Å². The van der Waals surface area contributed by atoms with Crippen molar-refractivity contribution in [3.05, 3.63) is 70.8 Å². The molecule has 1 amide bonds. The molecule has 1 unspecified atom stereocenters. The third-order valence-electron chi connectivity index (χ3n) is 6.42. The first kappa shape index (κ1) is 26.2. The predicted octanol–water partition coefficient (Wildman–Crippen LogP) is 6.07. The summed E-state index contributed by atoms with van der Waals surface area (Å²) in [6.45, 7) is 4.32. The van der Waals surface area contributed by atoms with Crippen LogP contribution in [-0.2, 0) is 18.8 Å². The van der Waals surface area contributed by atoms with Crippen molar-refractivity contribution in [2.75, 3.05) is 13.1 Å². The minimum atomic E-state index is -5.02. The van der Waals surface area contributed by atoms with Gasteiger partial charge in [-0.05, 0) is 23.8 Å². The highest BCUT2D eigenvalue weighted by molar-refractivity contribution is 5.90. The Morgan fingerprint density at radius 3 is 2.06 bits per heavy atom. The topological polar surface area (TPSA) is 43.1 Å². The van der Waals surface area contributed by atoms with Crippen LogP contribution in [0.1, 0.15) is 53.7 Å². The van der Waals surface area contributed by atoms with Crippen LogP contribution in [0, 0.1) is 5.92 Å². The van der Waals surface area contributed by atoms with Crippen molar-refractivity contribution in [1.82, 2.24) is 0 Å². The molecule has 0 radical (unpaired) electrons. The first-order valence-corrected chi connectivity index (χ1v) is 11.2. The molecular formula is C25H29F6N2O+. The van der Waals surface area contributed by atoms with Gasteiger partial charge >= 0.3 is 18.3 Å². The Kier molecular flexibility index (Phi) is 7.48. The van der Waals surface area contributed by atoms with Gasteiger partial charge in [-0.15, -0.1) is 0 Å². The van der Waals surface area contributed by atoms with Gasteiger partial charge in [-0.1, -0.05) is 44.2 Å². The lowest BCUT2D eigenvalue weighted by Gasteiger charge is -2.48. The number of carbonyl (C=O) groups excluding carboxylic acids is 1. The molecule has 0 aromatic heterocycles. The maximum Gasteiger partial charge on any atom is 0.416 e. The molecule has 186 valence electrons. The van der Waals surface area contributed by atoms with Gasteiger partial charge in [0.15, 0.2) is 0 Å². The zero-order valence-electron chi connectivity index (χ0n) is 19.1. The van der Waals surface area contributed by atoms with E-state index in [1.807, 2.05) is 44.2 Å². The number of quaternary nitrogens is 1. The van der Waals surface area contributed by atoms with Crippen molar-refractivity contribution in [2.24, 2.45) is 11.7 Å². The SMILES string of the molecule is CC(C)C[N+]1(C(=O)c2cc(C(F)(F)F)cc(C(F)(F)F)c2)CC[C@H](N)C[C@H]1Cc1ccccc1. The highest BCUT2D eigenvalue weighted by atomic mass is 19.4. The first-order valence-electron chi connectivity index (χ1n) is 11.2. The second-order valence-electron chi connectivity index (χ2n) is 9.56. The Morgan fingerprint density at radius 2 is 1.56 bits per heavy atom. The molecule has 0 saturated carbocycles. The molecule has 1 aliphatic rings. The largest absolute Gasteiger partial charge is 0.416 e. The molecule has 1 saturated heterocycles. The number of nitrogens with zero attached hydrogens (tertiary/aromatic N) is 1. The Labute approximate surface area is 195 Å². The van der Waals surface area contributed by atoms with E-state index in [2.05, 4.69) is 0 Å². The molecule has 1 fully saturated rings. The molecule has 2 aromatic rings. The monoisotopic (exact) mass is 487 g/mol. The number of nitrogens with two attached hydrogens (primary N) is 1. The van der Waals surface area contributed by atoms with Gasteiger partial charge in [0.05, 0.1) is 29.8 Å². The molecule has 3 rings (SSSR count). The van der Waals surface area contributed by atoms with Crippen LogP contribution in [0.2, 0.25) is 0 Å². The second kappa shape index (κ2) is 9.70. The predicted molar refractivity (Wildman–Crippen MR) is 117 cm³/mol. The highest BCUT2D eigenvalue weighted by Crippen LogP contribution is 2.38. The summed E-state index contributed by atoms with van der Waals surface area (Å²) in [6.07, 6.45) is -8.70. The lowest BCUT2D eigenvalue weighted by Crippen LogP contribution is -2.66. The number of hydrogen-bond donors (Lipinski definition) is 1. The Hall–Kier alpha value is -2.39. The third kappa shape index (κ3) is 5.81. The van der Waals surface area contributed by atoms with E-state index >= 15 is 0 Å². The molecular weight excluding hydrogens is 458 g/mol. The minimum Gasteiger partial charge on any atom is -0.327 e. The fourth-order valence-electron chi connectivity index (χ4n) is 4.97. The van der Waals surface area contributed by atoms with E-state index in [9.17, 15) is 31.1 Å². The summed E-state index contributed by atoms with van der Waals surface area (Å²) in [4.78, 5) is 13.9. The van der Waals surface area contributed by atoms with Crippen molar-refractivity contribution in [2.45, 2.75) is 57.5 Å². The molecule has 0 spiro atoms. The summed E-state index contributed by atoms with van der Waals surface area (Å²) in [6, 6.07) is 9.89. The molecule has 0 aliphatic carbocycles. The Balaban J connectivity index is 2.15. The molecule has 2 N–H and O–H groups in total. The summed E-state index contributed by atoms with van der Waals surface area (Å²) < 4.78 is 80.6. The van der Waals surface area contributed by atoms with Crippen molar-refractivity contribution in [1.29, 1.82) is 0 Å². The van der Waals surface area contributed by atoms with Crippen molar-refractivity contribution in [3.8, 4) is 0 Å². The van der Waals surface area contributed by atoms with E-state index in [1.165, 1.54) is 0 Å². The number of likely N-dealkylation sites (tertiary alicyclic amines) is 1. The van der Waals surface area contributed by atoms with Crippen molar-refractivity contribution in [3.63, 3.8) is 0 Å². The van der Waals surface area contributed by atoms with Crippen LogP contribution in [0.5, 0.6) is 0 Å². The van der Waals surface area contributed by atoms with E-state index in [0.717, 1.165) is 5.56 Å².